The fourth-order valence-electron chi connectivity index (χ4n) is 1.54. The molecule has 0 saturated heterocycles. The molecule has 0 aliphatic heterocycles. The average molecular weight is 258 g/mol. The third-order valence-corrected chi connectivity index (χ3v) is 3.67. The predicted octanol–water partition coefficient (Wildman–Crippen LogP) is 1.13. The standard InChI is InChI=1S/C11H18N2O3S/c1-6(9(5-14)17-4)13-11(15)10-7(2)12-8(3)16-10/h6,9,14H,5H2,1-4H3,(H,13,15)/t6-,9-/m1/s1. The number of hydrogen-bond donors (Lipinski definition) is 2. The molecule has 0 spiro atoms. The third-order valence-electron chi connectivity index (χ3n) is 2.51. The Hall–Kier alpha value is -1.01. The third kappa shape index (κ3) is 3.47. The Morgan fingerprint density at radius 2 is 2.24 bits per heavy atom. The molecule has 1 aromatic heterocycles. The predicted molar refractivity (Wildman–Crippen MR) is 67.3 cm³/mol. The van der Waals surface area contributed by atoms with Gasteiger partial charge in [0.05, 0.1) is 12.3 Å². The summed E-state index contributed by atoms with van der Waals surface area (Å²) in [6, 6.07) is -0.132. The lowest BCUT2D eigenvalue weighted by atomic mass is 10.2. The Morgan fingerprint density at radius 3 is 2.65 bits per heavy atom. The van der Waals surface area contributed by atoms with E-state index < -0.39 is 0 Å². The van der Waals surface area contributed by atoms with Gasteiger partial charge in [-0.05, 0) is 20.1 Å². The minimum atomic E-state index is -0.289. The smallest absolute Gasteiger partial charge is 0.289 e. The Morgan fingerprint density at radius 1 is 1.59 bits per heavy atom. The zero-order valence-corrected chi connectivity index (χ0v) is 11.3. The van der Waals surface area contributed by atoms with Crippen LogP contribution in [0.25, 0.3) is 0 Å². The van der Waals surface area contributed by atoms with Crippen molar-refractivity contribution in [2.75, 3.05) is 12.9 Å². The van der Waals surface area contributed by atoms with Crippen molar-refractivity contribution in [2.24, 2.45) is 0 Å². The number of nitrogens with one attached hydrogen (secondary N) is 1. The second-order valence-electron chi connectivity index (χ2n) is 3.87. The topological polar surface area (TPSA) is 75.4 Å². The Labute approximate surface area is 105 Å². The number of amides is 1. The first-order valence-electron chi connectivity index (χ1n) is 5.38. The molecule has 0 aliphatic rings. The molecule has 0 aliphatic carbocycles. The lowest BCUT2D eigenvalue weighted by Crippen LogP contribution is -2.41. The van der Waals surface area contributed by atoms with Gasteiger partial charge in [-0.1, -0.05) is 0 Å². The van der Waals surface area contributed by atoms with E-state index in [2.05, 4.69) is 10.3 Å². The van der Waals surface area contributed by atoms with Crippen LogP contribution in [0, 0.1) is 13.8 Å². The van der Waals surface area contributed by atoms with E-state index in [1.165, 1.54) is 11.8 Å². The number of carbonyl (C=O) groups is 1. The zero-order chi connectivity index (χ0) is 13.0. The summed E-state index contributed by atoms with van der Waals surface area (Å²) in [6.45, 7) is 5.31. The Kier molecular flexibility index (Phi) is 5.02. The van der Waals surface area contributed by atoms with Crippen molar-refractivity contribution in [3.05, 3.63) is 17.3 Å². The van der Waals surface area contributed by atoms with Crippen LogP contribution >= 0.6 is 11.8 Å². The molecule has 2 N–H and O–H groups in total. The van der Waals surface area contributed by atoms with Crippen LogP contribution in [0.4, 0.5) is 0 Å². The highest BCUT2D eigenvalue weighted by Gasteiger charge is 2.21. The molecule has 1 rings (SSSR count). The molecule has 0 radical (unpaired) electrons. The van der Waals surface area contributed by atoms with Crippen molar-refractivity contribution in [3.63, 3.8) is 0 Å². The van der Waals surface area contributed by atoms with Gasteiger partial charge in [0.15, 0.2) is 5.89 Å². The van der Waals surface area contributed by atoms with Crippen LogP contribution in [-0.4, -0.2) is 40.2 Å². The van der Waals surface area contributed by atoms with E-state index in [0.29, 0.717) is 11.6 Å². The number of aliphatic hydroxyl groups is 1. The molecular formula is C11H18N2O3S. The van der Waals surface area contributed by atoms with Crippen molar-refractivity contribution in [2.45, 2.75) is 32.1 Å². The number of thioether (sulfide) groups is 1. The molecule has 0 aromatic carbocycles. The molecule has 2 atom stereocenters. The minimum absolute atomic E-state index is 0.0247. The number of aliphatic hydroxyl groups excluding tert-OH is 1. The lowest BCUT2D eigenvalue weighted by Gasteiger charge is -2.20. The summed E-state index contributed by atoms with van der Waals surface area (Å²) < 4.78 is 5.23. The van der Waals surface area contributed by atoms with Crippen molar-refractivity contribution in [1.82, 2.24) is 10.3 Å². The molecular weight excluding hydrogens is 240 g/mol. The highest BCUT2D eigenvalue weighted by molar-refractivity contribution is 7.99. The number of aromatic nitrogens is 1. The number of rotatable bonds is 5. The molecule has 0 bridgehead atoms. The summed E-state index contributed by atoms with van der Waals surface area (Å²) in [5.41, 5.74) is 0.580. The molecule has 1 amide bonds. The first-order valence-corrected chi connectivity index (χ1v) is 6.67. The van der Waals surface area contributed by atoms with Crippen LogP contribution in [0.3, 0.4) is 0 Å². The van der Waals surface area contributed by atoms with E-state index in [1.807, 2.05) is 13.2 Å². The molecule has 6 heteroatoms. The molecule has 1 heterocycles. The fourth-order valence-corrected chi connectivity index (χ4v) is 2.17. The maximum absolute atomic E-state index is 11.9. The van der Waals surface area contributed by atoms with Gasteiger partial charge in [-0.25, -0.2) is 4.98 Å². The van der Waals surface area contributed by atoms with Gasteiger partial charge in [-0.15, -0.1) is 0 Å². The van der Waals surface area contributed by atoms with E-state index in [4.69, 9.17) is 9.52 Å². The van der Waals surface area contributed by atoms with Crippen molar-refractivity contribution in [1.29, 1.82) is 0 Å². The summed E-state index contributed by atoms with van der Waals surface area (Å²) in [5, 5.41) is 11.9. The number of nitrogens with zero attached hydrogens (tertiary/aromatic N) is 1. The van der Waals surface area contributed by atoms with E-state index in [-0.39, 0.29) is 29.6 Å². The molecule has 0 saturated carbocycles. The van der Waals surface area contributed by atoms with Crippen LogP contribution in [0.5, 0.6) is 0 Å². The summed E-state index contributed by atoms with van der Waals surface area (Å²) in [6.07, 6.45) is 1.90. The van der Waals surface area contributed by atoms with Crippen LogP contribution in [0.15, 0.2) is 4.42 Å². The van der Waals surface area contributed by atoms with Gasteiger partial charge in [-0.2, -0.15) is 11.8 Å². The summed E-state index contributed by atoms with van der Waals surface area (Å²) in [4.78, 5) is 15.9. The van der Waals surface area contributed by atoms with Gasteiger partial charge in [-0.3, -0.25) is 4.79 Å². The van der Waals surface area contributed by atoms with Crippen LogP contribution in [0.2, 0.25) is 0 Å². The second-order valence-corrected chi connectivity index (χ2v) is 4.94. The summed E-state index contributed by atoms with van der Waals surface area (Å²) >= 11 is 1.51. The average Bonchev–Trinajstić information content (AvgIpc) is 2.59. The van der Waals surface area contributed by atoms with Gasteiger partial charge in [0.2, 0.25) is 5.76 Å². The van der Waals surface area contributed by atoms with Gasteiger partial charge in [0.25, 0.3) is 5.91 Å². The first-order chi connectivity index (χ1) is 7.99. The molecule has 1 aromatic rings. The summed E-state index contributed by atoms with van der Waals surface area (Å²) in [5.74, 6) is 0.430. The number of aryl methyl sites for hydroxylation is 2. The molecule has 96 valence electrons. The molecule has 0 unspecified atom stereocenters. The first kappa shape index (κ1) is 14.1. The highest BCUT2D eigenvalue weighted by atomic mass is 32.2. The fraction of sp³-hybridized carbons (Fsp3) is 0.636. The highest BCUT2D eigenvalue weighted by Crippen LogP contribution is 2.13. The largest absolute Gasteiger partial charge is 0.436 e. The SMILES string of the molecule is CS[C@H](CO)[C@@H](C)NC(=O)c1oc(C)nc1C. The van der Waals surface area contributed by atoms with E-state index in [0.717, 1.165) is 0 Å². The molecule has 5 nitrogen and oxygen atoms in total. The molecule has 0 fully saturated rings. The van der Waals surface area contributed by atoms with E-state index in [1.54, 1.807) is 13.8 Å². The van der Waals surface area contributed by atoms with E-state index >= 15 is 0 Å². The number of carbonyl (C=O) groups excluding carboxylic acids is 1. The van der Waals surface area contributed by atoms with E-state index in [9.17, 15) is 4.79 Å². The van der Waals surface area contributed by atoms with Crippen LogP contribution in [-0.2, 0) is 0 Å². The van der Waals surface area contributed by atoms with Crippen LogP contribution < -0.4 is 5.32 Å². The second kappa shape index (κ2) is 6.07. The zero-order valence-electron chi connectivity index (χ0n) is 10.5. The van der Waals surface area contributed by atoms with Gasteiger partial charge >= 0.3 is 0 Å². The summed E-state index contributed by atoms with van der Waals surface area (Å²) in [7, 11) is 0. The maximum Gasteiger partial charge on any atom is 0.289 e. The van der Waals surface area contributed by atoms with Crippen molar-refractivity contribution in [3.8, 4) is 0 Å². The Bertz CT molecular complexity index is 388. The normalized spacial score (nSPS) is 14.4. The minimum Gasteiger partial charge on any atom is -0.436 e. The monoisotopic (exact) mass is 258 g/mol. The Balaban J connectivity index is 2.69. The number of oxazole rings is 1. The van der Waals surface area contributed by atoms with Crippen LogP contribution in [0.1, 0.15) is 29.1 Å². The molecule has 17 heavy (non-hydrogen) atoms. The number of hydrogen-bond acceptors (Lipinski definition) is 5. The van der Waals surface area contributed by atoms with Gasteiger partial charge in [0.1, 0.15) is 0 Å². The van der Waals surface area contributed by atoms with Gasteiger partial charge < -0.3 is 14.8 Å². The maximum atomic E-state index is 11.9. The lowest BCUT2D eigenvalue weighted by molar-refractivity contribution is 0.0905. The van der Waals surface area contributed by atoms with Gasteiger partial charge in [0, 0.05) is 18.2 Å². The quantitative estimate of drug-likeness (QED) is 0.828. The van der Waals surface area contributed by atoms with Crippen molar-refractivity contribution >= 4 is 17.7 Å². The van der Waals surface area contributed by atoms with Crippen molar-refractivity contribution < 1.29 is 14.3 Å².